The number of aliphatic carboxylic acids is 1. The highest BCUT2D eigenvalue weighted by atomic mass is 16.5. The minimum Gasteiger partial charge on any atom is -0.548 e. The van der Waals surface area contributed by atoms with Crippen LogP contribution >= 0.6 is 0 Å². The van der Waals surface area contributed by atoms with Gasteiger partial charge in [-0.25, -0.2) is 4.79 Å². The molecule has 2 aromatic rings. The van der Waals surface area contributed by atoms with Crippen LogP contribution in [0.1, 0.15) is 31.4 Å². The van der Waals surface area contributed by atoms with Crippen LogP contribution in [-0.4, -0.2) is 24.5 Å². The molecule has 1 heterocycles. The minimum absolute atomic E-state index is 0.389. The molecular weight excluding hydrogens is 326 g/mol. The first-order valence-corrected chi connectivity index (χ1v) is 8.04. The maximum atomic E-state index is 11.8. The van der Waals surface area contributed by atoms with Crippen molar-refractivity contribution in [3.63, 3.8) is 0 Å². The molecule has 1 N–H and O–H groups in total. The third-order valence-corrected chi connectivity index (χ3v) is 3.80. The van der Waals surface area contributed by atoms with E-state index in [1.165, 1.54) is 13.0 Å². The topological polar surface area (TPSA) is 109 Å². The molecule has 7 nitrogen and oxygen atoms in total. The van der Waals surface area contributed by atoms with Crippen LogP contribution in [0.2, 0.25) is 0 Å². The van der Waals surface area contributed by atoms with Crippen molar-refractivity contribution >= 4 is 22.8 Å². The van der Waals surface area contributed by atoms with Crippen LogP contribution in [0.4, 0.5) is 0 Å². The van der Waals surface area contributed by atoms with E-state index in [0.717, 1.165) is 23.8 Å². The highest BCUT2D eigenvalue weighted by Gasteiger charge is 2.17. The molecule has 0 aliphatic heterocycles. The van der Waals surface area contributed by atoms with Crippen molar-refractivity contribution in [3.8, 4) is 5.75 Å². The molecule has 0 unspecified atom stereocenters. The van der Waals surface area contributed by atoms with Crippen LogP contribution in [-0.2, 0) is 16.0 Å². The molecule has 0 aliphatic rings. The number of ether oxygens (including phenoxy) is 1. The predicted octanol–water partition coefficient (Wildman–Crippen LogP) is 0.687. The molecule has 134 valence electrons. The van der Waals surface area contributed by atoms with E-state index >= 15 is 0 Å². The van der Waals surface area contributed by atoms with E-state index < -0.39 is 30.2 Å². The number of fused-ring (bicyclic) bond motifs is 1. The van der Waals surface area contributed by atoms with Gasteiger partial charge in [-0.15, -0.1) is 0 Å². The predicted molar refractivity (Wildman–Crippen MR) is 89.3 cm³/mol. The summed E-state index contributed by atoms with van der Waals surface area (Å²) in [7, 11) is 0. The summed E-state index contributed by atoms with van der Waals surface area (Å²) in [6.07, 6.45) is 0.732. The van der Waals surface area contributed by atoms with Gasteiger partial charge < -0.3 is 24.4 Å². The zero-order chi connectivity index (χ0) is 18.6. The number of hydrogen-bond donors (Lipinski definition) is 1. The molecule has 0 saturated carbocycles. The van der Waals surface area contributed by atoms with Crippen molar-refractivity contribution in [2.75, 3.05) is 6.54 Å². The molecule has 0 spiro atoms. The Morgan fingerprint density at radius 1 is 1.36 bits per heavy atom. The molecule has 1 aromatic carbocycles. The first-order valence-electron chi connectivity index (χ1n) is 8.04. The zero-order valence-corrected chi connectivity index (χ0v) is 14.4. The van der Waals surface area contributed by atoms with Gasteiger partial charge in [0.15, 0.2) is 6.10 Å². The normalized spacial score (nSPS) is 12.0. The molecule has 25 heavy (non-hydrogen) atoms. The van der Waals surface area contributed by atoms with Crippen molar-refractivity contribution in [1.82, 2.24) is 5.32 Å². The third kappa shape index (κ3) is 4.37. The second kappa shape index (κ2) is 7.83. The van der Waals surface area contributed by atoms with E-state index in [1.54, 1.807) is 19.1 Å². The number of rotatable bonds is 7. The lowest BCUT2D eigenvalue weighted by molar-refractivity contribution is -0.304. The number of carbonyl (C=O) groups is 2. The lowest BCUT2D eigenvalue weighted by Gasteiger charge is -2.17. The number of amides is 1. The van der Waals surface area contributed by atoms with Crippen LogP contribution in [0.3, 0.4) is 0 Å². The first kappa shape index (κ1) is 18.5. The maximum Gasteiger partial charge on any atom is 0.336 e. The summed E-state index contributed by atoms with van der Waals surface area (Å²) in [5.41, 5.74) is 1.50. The summed E-state index contributed by atoms with van der Waals surface area (Å²) in [5.74, 6) is -1.57. The third-order valence-electron chi connectivity index (χ3n) is 3.80. The van der Waals surface area contributed by atoms with Gasteiger partial charge in [-0.1, -0.05) is 13.3 Å². The Hall–Kier alpha value is -2.83. The van der Waals surface area contributed by atoms with E-state index in [1.807, 2.05) is 6.92 Å². The van der Waals surface area contributed by atoms with E-state index in [2.05, 4.69) is 5.32 Å². The maximum absolute atomic E-state index is 11.8. The van der Waals surface area contributed by atoms with Gasteiger partial charge in [0, 0.05) is 17.0 Å². The number of nitrogens with one attached hydrogen (secondary N) is 1. The van der Waals surface area contributed by atoms with E-state index in [-0.39, 0.29) is 0 Å². The molecule has 0 aliphatic carbocycles. The number of aryl methyl sites for hydroxylation is 2. The smallest absolute Gasteiger partial charge is 0.336 e. The minimum atomic E-state index is -1.38. The molecule has 0 bridgehead atoms. The standard InChI is InChI=1S/C18H21NO6/c1-4-5-12-8-16(22)25-17-10(2)14(7-6-13(12)17)24-11(3)18(23)19-9-15(20)21/h6-8,11H,4-5,9H2,1-3H3,(H,19,23)(H,20,21)/p-1/t11-/m0/s1. The first-order chi connectivity index (χ1) is 11.8. The number of carboxylic acid groups (broad SMARTS) is 1. The number of carboxylic acids is 1. The van der Waals surface area contributed by atoms with Crippen molar-refractivity contribution < 1.29 is 23.8 Å². The van der Waals surface area contributed by atoms with Crippen molar-refractivity contribution in [2.45, 2.75) is 39.7 Å². The number of benzene rings is 1. The van der Waals surface area contributed by atoms with Gasteiger partial charge in [0.25, 0.3) is 5.91 Å². The fraction of sp³-hybridized carbons (Fsp3) is 0.389. The summed E-state index contributed by atoms with van der Waals surface area (Å²) >= 11 is 0. The Morgan fingerprint density at radius 3 is 2.72 bits per heavy atom. The molecule has 1 atom stereocenters. The molecule has 0 radical (unpaired) electrons. The lowest BCUT2D eigenvalue weighted by atomic mass is 10.0. The van der Waals surface area contributed by atoms with Crippen LogP contribution in [0, 0.1) is 6.92 Å². The molecule has 0 fully saturated rings. The summed E-state index contributed by atoms with van der Waals surface area (Å²) in [6.45, 7) is 4.68. The van der Waals surface area contributed by atoms with Gasteiger partial charge in [0.2, 0.25) is 0 Å². The van der Waals surface area contributed by atoms with E-state index in [0.29, 0.717) is 16.9 Å². The Labute approximate surface area is 144 Å². The highest BCUT2D eigenvalue weighted by Crippen LogP contribution is 2.29. The molecule has 0 saturated heterocycles. The quantitative estimate of drug-likeness (QED) is 0.739. The largest absolute Gasteiger partial charge is 0.548 e. The molecule has 7 heteroatoms. The van der Waals surface area contributed by atoms with Gasteiger partial charge in [-0.2, -0.15) is 0 Å². The molecule has 1 amide bonds. The van der Waals surface area contributed by atoms with E-state index in [4.69, 9.17) is 9.15 Å². The zero-order valence-electron chi connectivity index (χ0n) is 14.4. The average molecular weight is 346 g/mol. The average Bonchev–Trinajstić information content (AvgIpc) is 2.55. The van der Waals surface area contributed by atoms with Crippen molar-refractivity contribution in [1.29, 1.82) is 0 Å². The van der Waals surface area contributed by atoms with Crippen LogP contribution in [0.25, 0.3) is 11.0 Å². The van der Waals surface area contributed by atoms with Crippen LogP contribution in [0.15, 0.2) is 27.4 Å². The molecule has 2 rings (SSSR count). The summed E-state index contributed by atoms with van der Waals surface area (Å²) in [5, 5.41) is 13.4. The monoisotopic (exact) mass is 346 g/mol. The summed E-state index contributed by atoms with van der Waals surface area (Å²) in [4.78, 5) is 34.0. The SMILES string of the molecule is CCCc1cc(=O)oc2c(C)c(O[C@@H](C)C(=O)NCC(=O)[O-])ccc12. The van der Waals surface area contributed by atoms with Gasteiger partial charge >= 0.3 is 5.63 Å². The Balaban J connectivity index is 2.31. The fourth-order valence-electron chi connectivity index (χ4n) is 2.56. The Bertz CT molecular complexity index is 855. The lowest BCUT2D eigenvalue weighted by Crippen LogP contribution is -2.43. The second-order valence-electron chi connectivity index (χ2n) is 5.76. The molecule has 1 aromatic heterocycles. The van der Waals surface area contributed by atoms with Crippen molar-refractivity contribution in [3.05, 3.63) is 39.7 Å². The highest BCUT2D eigenvalue weighted by molar-refractivity contribution is 5.86. The fourth-order valence-corrected chi connectivity index (χ4v) is 2.56. The molecular formula is C18H20NO6-. The van der Waals surface area contributed by atoms with Crippen LogP contribution in [0.5, 0.6) is 5.75 Å². The van der Waals surface area contributed by atoms with Crippen LogP contribution < -0.4 is 20.8 Å². The number of hydrogen-bond acceptors (Lipinski definition) is 6. The summed E-state index contributed by atoms with van der Waals surface area (Å²) in [6, 6.07) is 4.98. The van der Waals surface area contributed by atoms with Gasteiger partial charge in [0.05, 0.1) is 12.5 Å². The van der Waals surface area contributed by atoms with Gasteiger partial charge in [0.1, 0.15) is 11.3 Å². The second-order valence-corrected chi connectivity index (χ2v) is 5.76. The summed E-state index contributed by atoms with van der Waals surface area (Å²) < 4.78 is 10.9. The van der Waals surface area contributed by atoms with Gasteiger partial charge in [-0.3, -0.25) is 4.79 Å². The Kier molecular flexibility index (Phi) is 5.80. The van der Waals surface area contributed by atoms with Gasteiger partial charge in [-0.05, 0) is 38.0 Å². The van der Waals surface area contributed by atoms with E-state index in [9.17, 15) is 19.5 Å². The number of carbonyl (C=O) groups excluding carboxylic acids is 2. The van der Waals surface area contributed by atoms with Crippen molar-refractivity contribution in [2.24, 2.45) is 0 Å². The Morgan fingerprint density at radius 2 is 2.08 bits per heavy atom.